The Morgan fingerprint density at radius 3 is 3.05 bits per heavy atom. The van der Waals surface area contributed by atoms with Crippen molar-refractivity contribution in [2.24, 2.45) is 0 Å². The van der Waals surface area contributed by atoms with Gasteiger partial charge in [-0.15, -0.1) is 0 Å². The minimum Gasteiger partial charge on any atom is -0.374 e. The lowest BCUT2D eigenvalue weighted by Crippen LogP contribution is -2.53. The maximum absolute atomic E-state index is 6.29. The molecule has 110 valence electrons. The molecule has 2 unspecified atom stereocenters. The molecular weight excluding hydrogens is 274 g/mol. The van der Waals surface area contributed by atoms with Crippen molar-refractivity contribution < 1.29 is 4.74 Å². The average molecular weight is 296 g/mol. The summed E-state index contributed by atoms with van der Waals surface area (Å²) >= 11 is 6.29. The fraction of sp³-hybridized carbons (Fsp3) is 0.733. The summed E-state index contributed by atoms with van der Waals surface area (Å²) in [6.45, 7) is 3.86. The standard InChI is InChI=1S/C15H22ClN3O/c1-2-5-11-14(16)17-10-18-15(11)19-8-9-20-13-7-4-3-6-12(13)19/h10,12-13H,2-9H2,1H3. The Bertz CT molecular complexity index is 466. The minimum atomic E-state index is 0.362. The van der Waals surface area contributed by atoms with Crippen LogP contribution in [0.5, 0.6) is 0 Å². The van der Waals surface area contributed by atoms with E-state index in [1.807, 2.05) is 0 Å². The van der Waals surface area contributed by atoms with Crippen LogP contribution >= 0.6 is 11.6 Å². The van der Waals surface area contributed by atoms with Crippen LogP contribution in [0.3, 0.4) is 0 Å². The van der Waals surface area contributed by atoms with Crippen molar-refractivity contribution in [2.45, 2.75) is 57.6 Å². The molecule has 5 heteroatoms. The van der Waals surface area contributed by atoms with Gasteiger partial charge >= 0.3 is 0 Å². The number of hydrogen-bond acceptors (Lipinski definition) is 4. The Balaban J connectivity index is 1.92. The lowest BCUT2D eigenvalue weighted by Gasteiger charge is -2.45. The first kappa shape index (κ1) is 14.1. The van der Waals surface area contributed by atoms with Gasteiger partial charge in [0.2, 0.25) is 0 Å². The summed E-state index contributed by atoms with van der Waals surface area (Å²) in [6.07, 6.45) is 8.86. The summed E-state index contributed by atoms with van der Waals surface area (Å²) in [5.41, 5.74) is 1.10. The Morgan fingerprint density at radius 2 is 2.20 bits per heavy atom. The second-order valence-electron chi connectivity index (χ2n) is 5.67. The molecule has 20 heavy (non-hydrogen) atoms. The highest BCUT2D eigenvalue weighted by Crippen LogP contribution is 2.34. The number of hydrogen-bond donors (Lipinski definition) is 0. The molecule has 2 atom stereocenters. The van der Waals surface area contributed by atoms with E-state index in [-0.39, 0.29) is 0 Å². The van der Waals surface area contributed by atoms with Crippen LogP contribution in [0.2, 0.25) is 5.15 Å². The van der Waals surface area contributed by atoms with E-state index in [0.717, 1.165) is 37.4 Å². The molecular formula is C15H22ClN3O. The molecule has 3 rings (SSSR count). The smallest absolute Gasteiger partial charge is 0.137 e. The lowest BCUT2D eigenvalue weighted by molar-refractivity contribution is -0.00906. The van der Waals surface area contributed by atoms with Gasteiger partial charge in [0, 0.05) is 12.1 Å². The fourth-order valence-corrected chi connectivity index (χ4v) is 3.68. The second kappa shape index (κ2) is 6.27. The number of halogens is 1. The molecule has 2 fully saturated rings. The summed E-state index contributed by atoms with van der Waals surface area (Å²) in [6, 6.07) is 0.457. The third-order valence-corrected chi connectivity index (χ3v) is 4.70. The van der Waals surface area contributed by atoms with Gasteiger partial charge in [0.15, 0.2) is 0 Å². The van der Waals surface area contributed by atoms with Crippen molar-refractivity contribution in [1.29, 1.82) is 0 Å². The number of morpholine rings is 1. The van der Waals surface area contributed by atoms with Gasteiger partial charge in [0.1, 0.15) is 17.3 Å². The Morgan fingerprint density at radius 1 is 1.35 bits per heavy atom. The van der Waals surface area contributed by atoms with Gasteiger partial charge in [0.05, 0.1) is 18.8 Å². The second-order valence-corrected chi connectivity index (χ2v) is 6.03. The number of fused-ring (bicyclic) bond motifs is 1. The van der Waals surface area contributed by atoms with Crippen molar-refractivity contribution in [3.63, 3.8) is 0 Å². The van der Waals surface area contributed by atoms with Gasteiger partial charge in [-0.2, -0.15) is 0 Å². The van der Waals surface area contributed by atoms with Gasteiger partial charge in [0.25, 0.3) is 0 Å². The SMILES string of the molecule is CCCc1c(Cl)ncnc1N1CCOC2CCCCC21. The predicted molar refractivity (Wildman–Crippen MR) is 80.4 cm³/mol. The zero-order valence-corrected chi connectivity index (χ0v) is 12.8. The van der Waals surface area contributed by atoms with Crippen molar-refractivity contribution in [3.05, 3.63) is 17.0 Å². The molecule has 2 aliphatic rings. The molecule has 2 heterocycles. The first-order chi connectivity index (χ1) is 9.81. The van der Waals surface area contributed by atoms with E-state index in [4.69, 9.17) is 16.3 Å². The highest BCUT2D eigenvalue weighted by atomic mass is 35.5. The van der Waals surface area contributed by atoms with Gasteiger partial charge in [-0.1, -0.05) is 37.8 Å². The zero-order chi connectivity index (χ0) is 13.9. The first-order valence-corrected chi connectivity index (χ1v) is 8.06. The number of rotatable bonds is 3. The lowest BCUT2D eigenvalue weighted by atomic mass is 9.90. The van der Waals surface area contributed by atoms with Gasteiger partial charge < -0.3 is 9.64 Å². The topological polar surface area (TPSA) is 38.2 Å². The first-order valence-electron chi connectivity index (χ1n) is 7.69. The van der Waals surface area contributed by atoms with Crippen molar-refractivity contribution in [3.8, 4) is 0 Å². The maximum atomic E-state index is 6.29. The van der Waals surface area contributed by atoms with Gasteiger partial charge in [-0.05, 0) is 19.3 Å². The van der Waals surface area contributed by atoms with E-state index in [1.165, 1.54) is 25.7 Å². The monoisotopic (exact) mass is 295 g/mol. The molecule has 1 saturated heterocycles. The van der Waals surface area contributed by atoms with E-state index < -0.39 is 0 Å². The summed E-state index contributed by atoms with van der Waals surface area (Å²) in [7, 11) is 0. The quantitative estimate of drug-likeness (QED) is 0.803. The van der Waals surface area contributed by atoms with E-state index >= 15 is 0 Å². The summed E-state index contributed by atoms with van der Waals surface area (Å²) in [4.78, 5) is 11.1. The van der Waals surface area contributed by atoms with Crippen molar-refractivity contribution in [2.75, 3.05) is 18.1 Å². The zero-order valence-electron chi connectivity index (χ0n) is 12.0. The highest BCUT2D eigenvalue weighted by Gasteiger charge is 2.35. The third-order valence-electron chi connectivity index (χ3n) is 4.37. The minimum absolute atomic E-state index is 0.362. The molecule has 1 aliphatic heterocycles. The Hall–Kier alpha value is -0.870. The molecule has 0 bridgehead atoms. The van der Waals surface area contributed by atoms with Crippen molar-refractivity contribution in [1.82, 2.24) is 9.97 Å². The predicted octanol–water partition coefficient (Wildman–Crippen LogP) is 3.23. The van der Waals surface area contributed by atoms with Crippen LogP contribution in [0.15, 0.2) is 6.33 Å². The Kier molecular flexibility index (Phi) is 4.41. The fourth-order valence-electron chi connectivity index (χ4n) is 3.45. The molecule has 0 N–H and O–H groups in total. The summed E-state index contributed by atoms with van der Waals surface area (Å²) in [5.74, 6) is 1.03. The van der Waals surface area contributed by atoms with Gasteiger partial charge in [-0.3, -0.25) is 0 Å². The van der Waals surface area contributed by atoms with E-state index in [2.05, 4.69) is 21.8 Å². The van der Waals surface area contributed by atoms with E-state index in [0.29, 0.717) is 17.3 Å². The average Bonchev–Trinajstić information content (AvgIpc) is 2.49. The molecule has 0 amide bonds. The molecule has 1 aliphatic carbocycles. The Labute approximate surface area is 125 Å². The largest absolute Gasteiger partial charge is 0.374 e. The number of anilines is 1. The van der Waals surface area contributed by atoms with E-state index in [1.54, 1.807) is 6.33 Å². The van der Waals surface area contributed by atoms with Crippen LogP contribution in [-0.2, 0) is 11.2 Å². The molecule has 1 aromatic rings. The highest BCUT2D eigenvalue weighted by molar-refractivity contribution is 6.30. The van der Waals surface area contributed by atoms with Crippen LogP contribution in [0.25, 0.3) is 0 Å². The van der Waals surface area contributed by atoms with Crippen LogP contribution in [0.4, 0.5) is 5.82 Å². The van der Waals surface area contributed by atoms with Crippen LogP contribution in [-0.4, -0.2) is 35.3 Å². The third kappa shape index (κ3) is 2.63. The maximum Gasteiger partial charge on any atom is 0.137 e. The molecule has 4 nitrogen and oxygen atoms in total. The molecule has 1 aromatic heterocycles. The molecule has 1 saturated carbocycles. The van der Waals surface area contributed by atoms with E-state index in [9.17, 15) is 0 Å². The van der Waals surface area contributed by atoms with Crippen LogP contribution < -0.4 is 4.90 Å². The van der Waals surface area contributed by atoms with Crippen molar-refractivity contribution >= 4 is 17.4 Å². The van der Waals surface area contributed by atoms with Crippen LogP contribution in [0.1, 0.15) is 44.6 Å². The number of aromatic nitrogens is 2. The number of nitrogens with zero attached hydrogens (tertiary/aromatic N) is 3. The summed E-state index contributed by atoms with van der Waals surface area (Å²) < 4.78 is 5.95. The molecule has 0 aromatic carbocycles. The van der Waals surface area contributed by atoms with Gasteiger partial charge in [-0.25, -0.2) is 9.97 Å². The summed E-state index contributed by atoms with van der Waals surface area (Å²) in [5, 5.41) is 0.607. The normalized spacial score (nSPS) is 26.4. The van der Waals surface area contributed by atoms with Crippen LogP contribution in [0, 0.1) is 0 Å². The molecule has 0 spiro atoms. The molecule has 0 radical (unpaired) electrons. The number of ether oxygens (including phenoxy) is 1.